The maximum Gasteiger partial charge on any atom is 0.347 e. The average Bonchev–Trinajstić information content (AvgIpc) is 2.48. The van der Waals surface area contributed by atoms with Gasteiger partial charge < -0.3 is 19.5 Å². The van der Waals surface area contributed by atoms with Crippen LogP contribution in [0.25, 0.3) is 0 Å². The van der Waals surface area contributed by atoms with E-state index in [1.165, 1.54) is 6.20 Å². The minimum atomic E-state index is -0.751. The molecule has 22 heavy (non-hydrogen) atoms. The number of carbonyl (C=O) groups excluding carboxylic acids is 2. The van der Waals surface area contributed by atoms with Gasteiger partial charge in [-0.25, -0.2) is 14.6 Å². The number of aromatic nitrogens is 1. The summed E-state index contributed by atoms with van der Waals surface area (Å²) in [6.07, 6.45) is 1.23. The molecule has 0 bridgehead atoms. The fraction of sp³-hybridized carbons (Fsp3) is 0.400. The summed E-state index contributed by atoms with van der Waals surface area (Å²) in [6, 6.07) is 3.39. The van der Waals surface area contributed by atoms with Crippen LogP contribution in [-0.2, 0) is 19.1 Å². The Morgan fingerprint density at radius 2 is 1.77 bits per heavy atom. The van der Waals surface area contributed by atoms with E-state index in [2.05, 4.69) is 10.3 Å². The molecule has 1 N–H and O–H groups in total. The molecule has 1 rings (SSSR count). The largest absolute Gasteiger partial charge is 0.495 e. The first-order chi connectivity index (χ1) is 10.5. The number of ether oxygens (including phenoxy) is 3. The third kappa shape index (κ3) is 4.76. The highest BCUT2D eigenvalue weighted by atomic mass is 16.6. The normalized spacial score (nSPS) is 9.64. The van der Waals surface area contributed by atoms with Crippen LogP contribution in [0.3, 0.4) is 0 Å². The topological polar surface area (TPSA) is 86.8 Å². The van der Waals surface area contributed by atoms with Crippen molar-refractivity contribution < 1.29 is 23.8 Å². The van der Waals surface area contributed by atoms with Crippen LogP contribution in [0.15, 0.2) is 23.9 Å². The standard InChI is InChI=1S/C15H20N2O5/c1-5-21-14(18)11(15(19)22-6-2)9-16-13-8-7-12(20-4)10(3)17-13/h7-9H,5-6H2,1-4H3,(H,16,17). The summed E-state index contributed by atoms with van der Waals surface area (Å²) >= 11 is 0. The molecule has 0 unspecified atom stereocenters. The van der Waals surface area contributed by atoms with E-state index in [0.29, 0.717) is 17.3 Å². The van der Waals surface area contributed by atoms with Crippen LogP contribution in [0.5, 0.6) is 5.75 Å². The Balaban J connectivity index is 2.94. The van der Waals surface area contributed by atoms with Gasteiger partial charge in [0.1, 0.15) is 11.6 Å². The van der Waals surface area contributed by atoms with Gasteiger partial charge in [-0.3, -0.25) is 0 Å². The van der Waals surface area contributed by atoms with Crippen LogP contribution in [0.4, 0.5) is 5.82 Å². The van der Waals surface area contributed by atoms with Gasteiger partial charge in [0.15, 0.2) is 5.57 Å². The van der Waals surface area contributed by atoms with Gasteiger partial charge in [0.25, 0.3) is 0 Å². The molecule has 0 fully saturated rings. The summed E-state index contributed by atoms with van der Waals surface area (Å²) in [5.74, 6) is -0.396. The number of rotatable bonds is 7. The molecule has 120 valence electrons. The zero-order valence-corrected chi connectivity index (χ0v) is 13.1. The molecule has 1 aromatic rings. The van der Waals surface area contributed by atoms with Crippen molar-refractivity contribution in [1.29, 1.82) is 0 Å². The van der Waals surface area contributed by atoms with E-state index in [0.717, 1.165) is 0 Å². The molecular weight excluding hydrogens is 288 g/mol. The van der Waals surface area contributed by atoms with E-state index in [1.54, 1.807) is 40.0 Å². The second kappa shape index (κ2) is 8.66. The molecule has 0 saturated carbocycles. The van der Waals surface area contributed by atoms with E-state index in [1.807, 2.05) is 0 Å². The number of methoxy groups -OCH3 is 1. The fourth-order valence-corrected chi connectivity index (χ4v) is 1.61. The smallest absolute Gasteiger partial charge is 0.347 e. The van der Waals surface area contributed by atoms with E-state index in [-0.39, 0.29) is 18.8 Å². The Labute approximate surface area is 129 Å². The molecule has 0 aliphatic carbocycles. The minimum absolute atomic E-state index is 0.162. The lowest BCUT2D eigenvalue weighted by molar-refractivity contribution is -0.146. The summed E-state index contributed by atoms with van der Waals surface area (Å²) in [5.41, 5.74) is 0.452. The zero-order chi connectivity index (χ0) is 16.5. The number of nitrogens with zero attached hydrogens (tertiary/aromatic N) is 1. The highest BCUT2D eigenvalue weighted by molar-refractivity contribution is 6.14. The molecular formula is C15H20N2O5. The van der Waals surface area contributed by atoms with Crippen molar-refractivity contribution >= 4 is 17.8 Å². The van der Waals surface area contributed by atoms with Crippen molar-refractivity contribution in [2.45, 2.75) is 20.8 Å². The number of esters is 2. The monoisotopic (exact) mass is 308 g/mol. The Kier molecular flexibility index (Phi) is 6.88. The molecule has 0 aliphatic heterocycles. The summed E-state index contributed by atoms with van der Waals surface area (Å²) in [7, 11) is 1.55. The quantitative estimate of drug-likeness (QED) is 0.356. The van der Waals surface area contributed by atoms with Crippen LogP contribution in [0.2, 0.25) is 0 Å². The third-order valence-corrected chi connectivity index (χ3v) is 2.61. The number of hydrogen-bond donors (Lipinski definition) is 1. The van der Waals surface area contributed by atoms with Crippen LogP contribution in [0.1, 0.15) is 19.5 Å². The molecule has 7 nitrogen and oxygen atoms in total. The predicted octanol–water partition coefficient (Wildman–Crippen LogP) is 1.82. The third-order valence-electron chi connectivity index (χ3n) is 2.61. The summed E-state index contributed by atoms with van der Waals surface area (Å²) in [4.78, 5) is 27.8. The lowest BCUT2D eigenvalue weighted by Crippen LogP contribution is -2.19. The van der Waals surface area contributed by atoms with Gasteiger partial charge in [-0.2, -0.15) is 0 Å². The van der Waals surface area contributed by atoms with E-state index < -0.39 is 11.9 Å². The Morgan fingerprint density at radius 1 is 1.18 bits per heavy atom. The zero-order valence-electron chi connectivity index (χ0n) is 13.1. The first-order valence-corrected chi connectivity index (χ1v) is 6.86. The van der Waals surface area contributed by atoms with Crippen molar-refractivity contribution in [1.82, 2.24) is 4.98 Å². The van der Waals surface area contributed by atoms with Crippen LogP contribution < -0.4 is 10.1 Å². The first kappa shape index (κ1) is 17.5. The number of anilines is 1. The van der Waals surface area contributed by atoms with Crippen molar-refractivity contribution in [3.63, 3.8) is 0 Å². The maximum absolute atomic E-state index is 11.8. The van der Waals surface area contributed by atoms with Crippen molar-refractivity contribution in [3.8, 4) is 5.75 Å². The predicted molar refractivity (Wildman–Crippen MR) is 80.5 cm³/mol. The highest BCUT2D eigenvalue weighted by Gasteiger charge is 2.21. The Morgan fingerprint density at radius 3 is 2.23 bits per heavy atom. The number of hydrogen-bond acceptors (Lipinski definition) is 7. The van der Waals surface area contributed by atoms with Gasteiger partial charge in [0.2, 0.25) is 0 Å². The Bertz CT molecular complexity index is 549. The van der Waals surface area contributed by atoms with Crippen LogP contribution >= 0.6 is 0 Å². The van der Waals surface area contributed by atoms with Gasteiger partial charge in [-0.15, -0.1) is 0 Å². The van der Waals surface area contributed by atoms with Crippen molar-refractivity contribution in [2.75, 3.05) is 25.6 Å². The Hall–Kier alpha value is -2.57. The molecule has 0 aliphatic rings. The fourth-order valence-electron chi connectivity index (χ4n) is 1.61. The van der Waals surface area contributed by atoms with Crippen LogP contribution in [-0.4, -0.2) is 37.2 Å². The molecule has 7 heteroatoms. The van der Waals surface area contributed by atoms with Gasteiger partial charge in [-0.05, 0) is 32.9 Å². The van der Waals surface area contributed by atoms with E-state index in [4.69, 9.17) is 14.2 Å². The SMILES string of the molecule is CCOC(=O)C(=CNc1ccc(OC)c(C)n1)C(=O)OCC. The van der Waals surface area contributed by atoms with Gasteiger partial charge in [0, 0.05) is 6.20 Å². The molecule has 0 aromatic carbocycles. The number of nitrogens with one attached hydrogen (secondary N) is 1. The molecule has 1 aromatic heterocycles. The molecule has 0 atom stereocenters. The summed E-state index contributed by atoms with van der Waals surface area (Å²) in [6.45, 7) is 5.42. The van der Waals surface area contributed by atoms with Crippen molar-refractivity contribution in [2.24, 2.45) is 0 Å². The van der Waals surface area contributed by atoms with Crippen molar-refractivity contribution in [3.05, 3.63) is 29.6 Å². The average molecular weight is 308 g/mol. The number of carbonyl (C=O) groups is 2. The molecule has 0 radical (unpaired) electrons. The molecule has 0 saturated heterocycles. The van der Waals surface area contributed by atoms with Gasteiger partial charge in [0.05, 0.1) is 26.0 Å². The number of pyridine rings is 1. The van der Waals surface area contributed by atoms with Gasteiger partial charge in [-0.1, -0.05) is 0 Å². The minimum Gasteiger partial charge on any atom is -0.495 e. The van der Waals surface area contributed by atoms with Crippen LogP contribution in [0, 0.1) is 6.92 Å². The molecule has 0 amide bonds. The first-order valence-electron chi connectivity index (χ1n) is 6.86. The highest BCUT2D eigenvalue weighted by Crippen LogP contribution is 2.17. The summed E-state index contributed by atoms with van der Waals surface area (Å²) < 4.78 is 14.8. The number of aryl methyl sites for hydroxylation is 1. The lowest BCUT2D eigenvalue weighted by atomic mass is 10.3. The van der Waals surface area contributed by atoms with E-state index >= 15 is 0 Å². The molecule has 0 spiro atoms. The maximum atomic E-state index is 11.8. The van der Waals surface area contributed by atoms with E-state index in [9.17, 15) is 9.59 Å². The van der Waals surface area contributed by atoms with Gasteiger partial charge >= 0.3 is 11.9 Å². The molecule has 1 heterocycles. The second-order valence-electron chi connectivity index (χ2n) is 4.13. The summed E-state index contributed by atoms with van der Waals surface area (Å²) in [5, 5.41) is 2.79. The second-order valence-corrected chi connectivity index (χ2v) is 4.13. The lowest BCUT2D eigenvalue weighted by Gasteiger charge is -2.09.